The van der Waals surface area contributed by atoms with Gasteiger partial charge in [-0.1, -0.05) is 0 Å². The van der Waals surface area contributed by atoms with Crippen molar-refractivity contribution in [2.75, 3.05) is 0 Å². The lowest BCUT2D eigenvalue weighted by molar-refractivity contribution is 0.0687. The summed E-state index contributed by atoms with van der Waals surface area (Å²) in [6.45, 7) is 1.49. The number of aromatic carboxylic acids is 1. The SMILES string of the molecule is Cc1cc(=O)n(-c2ccc(F)cc2)nc1C(=O)O. The van der Waals surface area contributed by atoms with E-state index in [-0.39, 0.29) is 11.3 Å². The van der Waals surface area contributed by atoms with E-state index in [1.165, 1.54) is 37.3 Å². The van der Waals surface area contributed by atoms with Gasteiger partial charge in [-0.15, -0.1) is 0 Å². The molecule has 1 aromatic heterocycles. The minimum Gasteiger partial charge on any atom is -0.476 e. The van der Waals surface area contributed by atoms with Gasteiger partial charge in [-0.25, -0.2) is 9.18 Å². The second-order valence-electron chi connectivity index (χ2n) is 3.71. The maximum atomic E-state index is 12.8. The second kappa shape index (κ2) is 4.40. The summed E-state index contributed by atoms with van der Waals surface area (Å²) >= 11 is 0. The van der Waals surface area contributed by atoms with Gasteiger partial charge in [-0.2, -0.15) is 9.78 Å². The predicted molar refractivity (Wildman–Crippen MR) is 61.5 cm³/mol. The van der Waals surface area contributed by atoms with Crippen molar-refractivity contribution in [3.8, 4) is 5.69 Å². The summed E-state index contributed by atoms with van der Waals surface area (Å²) in [5, 5.41) is 12.7. The van der Waals surface area contributed by atoms with Crippen LogP contribution < -0.4 is 5.56 Å². The summed E-state index contributed by atoms with van der Waals surface area (Å²) < 4.78 is 13.7. The van der Waals surface area contributed by atoms with E-state index in [0.717, 1.165) is 4.68 Å². The van der Waals surface area contributed by atoms with E-state index in [0.29, 0.717) is 5.69 Å². The number of aromatic nitrogens is 2. The quantitative estimate of drug-likeness (QED) is 0.871. The fraction of sp³-hybridized carbons (Fsp3) is 0.0833. The Hall–Kier alpha value is -2.50. The topological polar surface area (TPSA) is 72.2 Å². The number of rotatable bonds is 2. The summed E-state index contributed by atoms with van der Waals surface area (Å²) in [5.41, 5.74) is -0.0854. The van der Waals surface area contributed by atoms with Crippen molar-refractivity contribution >= 4 is 5.97 Å². The van der Waals surface area contributed by atoms with Crippen molar-refractivity contribution in [3.63, 3.8) is 0 Å². The maximum Gasteiger partial charge on any atom is 0.356 e. The summed E-state index contributed by atoms with van der Waals surface area (Å²) in [6.07, 6.45) is 0. The lowest BCUT2D eigenvalue weighted by Crippen LogP contribution is -2.24. The van der Waals surface area contributed by atoms with E-state index < -0.39 is 17.3 Å². The zero-order valence-electron chi connectivity index (χ0n) is 9.42. The van der Waals surface area contributed by atoms with Crippen LogP contribution in [0.1, 0.15) is 16.1 Å². The fourth-order valence-electron chi connectivity index (χ4n) is 1.52. The molecular formula is C12H9FN2O3. The zero-order valence-corrected chi connectivity index (χ0v) is 9.42. The van der Waals surface area contributed by atoms with Crippen LogP contribution in [-0.4, -0.2) is 20.9 Å². The van der Waals surface area contributed by atoms with Crippen molar-refractivity contribution in [2.24, 2.45) is 0 Å². The van der Waals surface area contributed by atoms with E-state index in [1.807, 2.05) is 0 Å². The summed E-state index contributed by atoms with van der Waals surface area (Å²) in [6, 6.07) is 6.22. The predicted octanol–water partition coefficient (Wildman–Crippen LogP) is 1.38. The molecule has 0 atom stereocenters. The molecule has 2 aromatic rings. The molecule has 1 aromatic carbocycles. The van der Waals surface area contributed by atoms with Gasteiger partial charge in [-0.3, -0.25) is 4.79 Å². The van der Waals surface area contributed by atoms with Crippen LogP contribution in [0.2, 0.25) is 0 Å². The smallest absolute Gasteiger partial charge is 0.356 e. The molecule has 0 amide bonds. The third-order valence-electron chi connectivity index (χ3n) is 2.40. The molecule has 0 saturated heterocycles. The molecule has 0 fully saturated rings. The van der Waals surface area contributed by atoms with Gasteiger partial charge in [0.2, 0.25) is 0 Å². The highest BCUT2D eigenvalue weighted by molar-refractivity contribution is 5.86. The van der Waals surface area contributed by atoms with E-state index in [4.69, 9.17) is 5.11 Å². The van der Waals surface area contributed by atoms with Crippen LogP contribution >= 0.6 is 0 Å². The number of nitrogens with zero attached hydrogens (tertiary/aromatic N) is 2. The third kappa shape index (κ3) is 2.13. The largest absolute Gasteiger partial charge is 0.476 e. The van der Waals surface area contributed by atoms with Crippen LogP contribution in [0.3, 0.4) is 0 Å². The summed E-state index contributed by atoms with van der Waals surface area (Å²) in [7, 11) is 0. The Bertz CT molecular complexity index is 662. The molecule has 18 heavy (non-hydrogen) atoms. The van der Waals surface area contributed by atoms with Gasteiger partial charge in [0.15, 0.2) is 5.69 Å². The number of carboxylic acid groups (broad SMARTS) is 1. The van der Waals surface area contributed by atoms with Gasteiger partial charge in [0.1, 0.15) is 5.82 Å². The Morgan fingerprint density at radius 1 is 1.33 bits per heavy atom. The molecule has 0 unspecified atom stereocenters. The van der Waals surface area contributed by atoms with Crippen molar-refractivity contribution in [1.82, 2.24) is 9.78 Å². The minimum absolute atomic E-state index is 0.209. The third-order valence-corrected chi connectivity index (χ3v) is 2.40. The lowest BCUT2D eigenvalue weighted by atomic mass is 10.2. The Kier molecular flexibility index (Phi) is 2.93. The van der Waals surface area contributed by atoms with Crippen LogP contribution in [0, 0.1) is 12.7 Å². The van der Waals surface area contributed by atoms with Crippen LogP contribution in [-0.2, 0) is 0 Å². The molecule has 1 N–H and O–H groups in total. The van der Waals surface area contributed by atoms with E-state index in [9.17, 15) is 14.0 Å². The van der Waals surface area contributed by atoms with Gasteiger partial charge in [0.25, 0.3) is 5.56 Å². The molecule has 5 nitrogen and oxygen atoms in total. The van der Waals surface area contributed by atoms with E-state index in [1.54, 1.807) is 0 Å². The summed E-state index contributed by atoms with van der Waals surface area (Å²) in [5.74, 6) is -1.67. The van der Waals surface area contributed by atoms with Crippen molar-refractivity contribution in [1.29, 1.82) is 0 Å². The van der Waals surface area contributed by atoms with Crippen molar-refractivity contribution < 1.29 is 14.3 Å². The molecule has 6 heteroatoms. The first-order chi connectivity index (χ1) is 8.49. The average molecular weight is 248 g/mol. The highest BCUT2D eigenvalue weighted by Gasteiger charge is 2.13. The number of hydrogen-bond donors (Lipinski definition) is 1. The molecule has 0 bridgehead atoms. The molecule has 92 valence electrons. The minimum atomic E-state index is -1.22. The monoisotopic (exact) mass is 248 g/mol. The second-order valence-corrected chi connectivity index (χ2v) is 3.71. The molecule has 0 spiro atoms. The molecule has 0 aliphatic rings. The average Bonchev–Trinajstić information content (AvgIpc) is 2.30. The first-order valence-corrected chi connectivity index (χ1v) is 5.09. The molecule has 0 aliphatic heterocycles. The molecule has 0 saturated carbocycles. The number of aryl methyl sites for hydroxylation is 1. The van der Waals surface area contributed by atoms with E-state index in [2.05, 4.69) is 5.10 Å². The van der Waals surface area contributed by atoms with E-state index >= 15 is 0 Å². The Labute approximate surface area is 101 Å². The lowest BCUT2D eigenvalue weighted by Gasteiger charge is -2.06. The molecule has 0 radical (unpaired) electrons. The van der Waals surface area contributed by atoms with Gasteiger partial charge in [-0.05, 0) is 36.8 Å². The van der Waals surface area contributed by atoms with Gasteiger partial charge in [0, 0.05) is 6.07 Å². The highest BCUT2D eigenvalue weighted by Crippen LogP contribution is 2.07. The number of halogens is 1. The number of hydrogen-bond acceptors (Lipinski definition) is 3. The van der Waals surface area contributed by atoms with Crippen LogP contribution in [0.5, 0.6) is 0 Å². The zero-order chi connectivity index (χ0) is 13.3. The molecule has 1 heterocycles. The van der Waals surface area contributed by atoms with Gasteiger partial charge in [0.05, 0.1) is 5.69 Å². The molecule has 2 rings (SSSR count). The number of benzene rings is 1. The highest BCUT2D eigenvalue weighted by atomic mass is 19.1. The van der Waals surface area contributed by atoms with Crippen molar-refractivity contribution in [3.05, 3.63) is 57.8 Å². The van der Waals surface area contributed by atoms with Crippen LogP contribution in [0.25, 0.3) is 5.69 Å². The maximum absolute atomic E-state index is 12.8. The molecular weight excluding hydrogens is 239 g/mol. The number of carbonyl (C=O) groups is 1. The first kappa shape index (κ1) is 12.0. The number of carboxylic acids is 1. The fourth-order valence-corrected chi connectivity index (χ4v) is 1.52. The Morgan fingerprint density at radius 3 is 2.50 bits per heavy atom. The summed E-state index contributed by atoms with van der Waals surface area (Å²) in [4.78, 5) is 22.6. The first-order valence-electron chi connectivity index (χ1n) is 5.09. The van der Waals surface area contributed by atoms with Gasteiger partial charge >= 0.3 is 5.97 Å². The Morgan fingerprint density at radius 2 is 1.94 bits per heavy atom. The normalized spacial score (nSPS) is 10.3. The Balaban J connectivity index is 2.64. The molecule has 0 aliphatic carbocycles. The standard InChI is InChI=1S/C12H9FN2O3/c1-7-6-10(16)15(14-11(7)12(17)18)9-4-2-8(13)3-5-9/h2-6H,1H3,(H,17,18). The van der Waals surface area contributed by atoms with Crippen LogP contribution in [0.4, 0.5) is 4.39 Å². The van der Waals surface area contributed by atoms with Gasteiger partial charge < -0.3 is 5.11 Å². The van der Waals surface area contributed by atoms with Crippen molar-refractivity contribution in [2.45, 2.75) is 6.92 Å². The van der Waals surface area contributed by atoms with Crippen LogP contribution in [0.15, 0.2) is 35.1 Å².